The summed E-state index contributed by atoms with van der Waals surface area (Å²) in [4.78, 5) is 10.8. The van der Waals surface area contributed by atoms with E-state index < -0.39 is 0 Å². The fourth-order valence-electron chi connectivity index (χ4n) is 8.45. The average molecular weight is 677 g/mol. The molecule has 0 amide bonds. The van der Waals surface area contributed by atoms with Gasteiger partial charge in [0.25, 0.3) is 0 Å². The fraction of sp³-hybridized carbons (Fsp3) is 0.0400. The van der Waals surface area contributed by atoms with Crippen molar-refractivity contribution in [2.24, 2.45) is 0 Å². The molecule has 0 bridgehead atoms. The topological polar surface area (TPSA) is 38.9 Å². The highest BCUT2D eigenvalue weighted by Crippen LogP contribution is 2.49. The van der Waals surface area contributed by atoms with Crippen LogP contribution in [0.25, 0.3) is 99.6 Å². The van der Waals surface area contributed by atoms with Gasteiger partial charge in [0.1, 0.15) is 11.2 Å². The molecule has 0 aliphatic heterocycles. The molecule has 1 aliphatic rings. The quantitative estimate of drug-likeness (QED) is 0.186. The van der Waals surface area contributed by atoms with Crippen LogP contribution in [0.4, 0.5) is 0 Å². The highest BCUT2D eigenvalue weighted by atomic mass is 16.3. The molecule has 2 aromatic heterocycles. The zero-order chi connectivity index (χ0) is 35.0. The first-order valence-corrected chi connectivity index (χ1v) is 18.2. The Morgan fingerprint density at radius 2 is 1.08 bits per heavy atom. The van der Waals surface area contributed by atoms with Gasteiger partial charge >= 0.3 is 0 Å². The van der Waals surface area contributed by atoms with Crippen LogP contribution in [0.2, 0.25) is 0 Å². The Kier molecular flexibility index (Phi) is 6.53. The number of furan rings is 1. The van der Waals surface area contributed by atoms with E-state index >= 15 is 0 Å². The molecule has 0 radical (unpaired) electrons. The lowest BCUT2D eigenvalue weighted by Gasteiger charge is -2.15. The summed E-state index contributed by atoms with van der Waals surface area (Å²) in [5.74, 6) is 0.918. The van der Waals surface area contributed by atoms with Gasteiger partial charge in [-0.25, -0.2) is 9.97 Å². The van der Waals surface area contributed by atoms with Gasteiger partial charge in [0, 0.05) is 44.3 Å². The second-order valence-corrected chi connectivity index (χ2v) is 14.1. The van der Waals surface area contributed by atoms with Gasteiger partial charge in [0.2, 0.25) is 0 Å². The Bertz CT molecular complexity index is 3070. The molecule has 0 saturated carbocycles. The minimum Gasteiger partial charge on any atom is -0.455 e. The average Bonchev–Trinajstić information content (AvgIpc) is 3.75. The van der Waals surface area contributed by atoms with E-state index in [1.807, 2.05) is 0 Å². The number of aromatic nitrogens is 2. The number of hydrogen-bond acceptors (Lipinski definition) is 3. The van der Waals surface area contributed by atoms with Crippen LogP contribution < -0.4 is 0 Å². The molecule has 0 spiro atoms. The van der Waals surface area contributed by atoms with Crippen LogP contribution in [-0.2, 0) is 0 Å². The third-order valence-corrected chi connectivity index (χ3v) is 11.1. The van der Waals surface area contributed by atoms with E-state index in [1.165, 1.54) is 38.6 Å². The first-order chi connectivity index (χ1) is 26.2. The molecular formula is C50H32N2O. The van der Waals surface area contributed by atoms with Crippen molar-refractivity contribution in [3.63, 3.8) is 0 Å². The summed E-state index contributed by atoms with van der Waals surface area (Å²) in [6.45, 7) is 2.27. The zero-order valence-electron chi connectivity index (χ0n) is 29.0. The van der Waals surface area contributed by atoms with Crippen molar-refractivity contribution in [2.45, 2.75) is 12.8 Å². The highest BCUT2D eigenvalue weighted by molar-refractivity contribution is 6.19. The summed E-state index contributed by atoms with van der Waals surface area (Å²) < 4.78 is 6.65. The maximum absolute atomic E-state index is 6.65. The molecular weight excluding hydrogens is 645 g/mol. The fourth-order valence-corrected chi connectivity index (χ4v) is 8.45. The van der Waals surface area contributed by atoms with Gasteiger partial charge < -0.3 is 4.42 Å². The molecule has 1 atom stereocenters. The lowest BCUT2D eigenvalue weighted by molar-refractivity contribution is 0.673. The minimum atomic E-state index is 0.197. The molecule has 1 unspecified atom stereocenters. The second kappa shape index (κ2) is 11.6. The van der Waals surface area contributed by atoms with E-state index in [-0.39, 0.29) is 5.92 Å². The van der Waals surface area contributed by atoms with Crippen LogP contribution in [0.3, 0.4) is 0 Å². The number of hydrogen-bond donors (Lipinski definition) is 0. The van der Waals surface area contributed by atoms with Crippen molar-refractivity contribution in [3.8, 4) is 56.2 Å². The van der Waals surface area contributed by atoms with Crippen molar-refractivity contribution >= 4 is 43.5 Å². The molecule has 8 aromatic carbocycles. The largest absolute Gasteiger partial charge is 0.455 e. The predicted octanol–water partition coefficient (Wildman–Crippen LogP) is 13.5. The van der Waals surface area contributed by atoms with Crippen LogP contribution in [-0.4, -0.2) is 9.97 Å². The Morgan fingerprint density at radius 1 is 0.434 bits per heavy atom. The van der Waals surface area contributed by atoms with Crippen molar-refractivity contribution in [2.75, 3.05) is 0 Å². The van der Waals surface area contributed by atoms with Crippen molar-refractivity contribution in [1.82, 2.24) is 9.97 Å². The van der Waals surface area contributed by atoms with Crippen LogP contribution in [0.5, 0.6) is 0 Å². The zero-order valence-corrected chi connectivity index (χ0v) is 29.0. The first-order valence-electron chi connectivity index (χ1n) is 18.2. The van der Waals surface area contributed by atoms with E-state index in [1.54, 1.807) is 0 Å². The summed E-state index contributed by atoms with van der Waals surface area (Å²) in [6, 6.07) is 60.5. The van der Waals surface area contributed by atoms with Crippen molar-refractivity contribution in [3.05, 3.63) is 181 Å². The second-order valence-electron chi connectivity index (χ2n) is 14.1. The van der Waals surface area contributed by atoms with Gasteiger partial charge in [0.15, 0.2) is 5.82 Å². The third kappa shape index (κ3) is 4.67. The predicted molar refractivity (Wildman–Crippen MR) is 219 cm³/mol. The van der Waals surface area contributed by atoms with Gasteiger partial charge in [-0.1, -0.05) is 153 Å². The van der Waals surface area contributed by atoms with Crippen molar-refractivity contribution in [1.29, 1.82) is 0 Å². The summed E-state index contributed by atoms with van der Waals surface area (Å²) in [5, 5.41) is 6.76. The van der Waals surface area contributed by atoms with E-state index in [0.29, 0.717) is 0 Å². The maximum Gasteiger partial charge on any atom is 0.161 e. The maximum atomic E-state index is 6.65. The molecule has 0 N–H and O–H groups in total. The van der Waals surface area contributed by atoms with Gasteiger partial charge in [-0.2, -0.15) is 0 Å². The Labute approximate surface area is 306 Å². The number of fused-ring (bicyclic) bond motifs is 9. The van der Waals surface area contributed by atoms with Crippen LogP contribution in [0.15, 0.2) is 174 Å². The first kappa shape index (κ1) is 29.8. The Balaban J connectivity index is 1.08. The number of nitrogens with zero attached hydrogens (tertiary/aromatic N) is 2. The molecule has 10 aromatic rings. The summed E-state index contributed by atoms with van der Waals surface area (Å²) in [6.07, 6.45) is 0. The molecule has 2 heterocycles. The van der Waals surface area contributed by atoms with E-state index in [0.717, 1.165) is 72.2 Å². The standard InChI is InChI=1S/C50H32N2O/c1-30-38-15-7-9-17-40(38)48-46(30)47(34-12-3-2-4-13-34)51-50(52-48)44-29-43-42-28-37(25-26-45(42)53-49(43)41-18-10-8-16-39(41)44)33-21-19-32(20-22-33)36-24-23-31-11-5-6-14-35(31)27-36/h2-30H,1H3. The highest BCUT2D eigenvalue weighted by Gasteiger charge is 2.32. The molecule has 3 heteroatoms. The van der Waals surface area contributed by atoms with Crippen molar-refractivity contribution < 1.29 is 4.42 Å². The molecule has 0 saturated heterocycles. The molecule has 11 rings (SSSR count). The molecule has 248 valence electrons. The normalized spacial score (nSPS) is 13.6. The van der Waals surface area contributed by atoms with Gasteiger partial charge in [-0.15, -0.1) is 0 Å². The summed E-state index contributed by atoms with van der Waals surface area (Å²) in [5.41, 5.74) is 14.2. The number of benzene rings is 8. The lowest BCUT2D eigenvalue weighted by Crippen LogP contribution is -2.01. The Hall–Kier alpha value is -6.84. The van der Waals surface area contributed by atoms with Crippen LogP contribution in [0, 0.1) is 0 Å². The molecule has 1 aliphatic carbocycles. The monoisotopic (exact) mass is 676 g/mol. The molecule has 53 heavy (non-hydrogen) atoms. The van der Waals surface area contributed by atoms with Gasteiger partial charge in [-0.05, 0) is 68.2 Å². The van der Waals surface area contributed by atoms with Crippen LogP contribution >= 0.6 is 0 Å². The smallest absolute Gasteiger partial charge is 0.161 e. The van der Waals surface area contributed by atoms with Gasteiger partial charge in [0.05, 0.1) is 11.4 Å². The summed E-state index contributed by atoms with van der Waals surface area (Å²) >= 11 is 0. The van der Waals surface area contributed by atoms with E-state index in [9.17, 15) is 0 Å². The molecule has 0 fully saturated rings. The van der Waals surface area contributed by atoms with Gasteiger partial charge in [-0.3, -0.25) is 0 Å². The number of rotatable bonds is 4. The minimum absolute atomic E-state index is 0.197. The molecule has 3 nitrogen and oxygen atoms in total. The Morgan fingerprint density at radius 3 is 1.91 bits per heavy atom. The lowest BCUT2D eigenvalue weighted by atomic mass is 9.95. The SMILES string of the molecule is CC1c2ccccc2-c2nc(-c3cc4c5cc(-c6ccc(-c7ccc8ccccc8c7)cc6)ccc5oc4c4ccccc34)nc(-c3ccccc3)c21. The van der Waals surface area contributed by atoms with E-state index in [2.05, 4.69) is 177 Å². The third-order valence-electron chi connectivity index (χ3n) is 11.1. The van der Waals surface area contributed by atoms with E-state index in [4.69, 9.17) is 14.4 Å². The summed E-state index contributed by atoms with van der Waals surface area (Å²) in [7, 11) is 0. The van der Waals surface area contributed by atoms with Crippen LogP contribution in [0.1, 0.15) is 24.0 Å².